The minimum absolute atomic E-state index is 0.169. The number of nitrogens with zero attached hydrogens (tertiary/aromatic N) is 4. The van der Waals surface area contributed by atoms with Crippen molar-refractivity contribution in [2.45, 2.75) is 29.9 Å². The Morgan fingerprint density at radius 3 is 2.74 bits per heavy atom. The molecule has 1 aromatic carbocycles. The molecular formula is C17H17N5O4S. The van der Waals surface area contributed by atoms with Gasteiger partial charge in [-0.1, -0.05) is 0 Å². The molecule has 0 saturated heterocycles. The van der Waals surface area contributed by atoms with Gasteiger partial charge in [0.1, 0.15) is 17.8 Å². The van der Waals surface area contributed by atoms with Crippen LogP contribution in [-0.2, 0) is 7.05 Å². The second-order valence-corrected chi connectivity index (χ2v) is 6.92. The monoisotopic (exact) mass is 387 g/mol. The topological polar surface area (TPSA) is 116 Å². The van der Waals surface area contributed by atoms with Gasteiger partial charge >= 0.3 is 0 Å². The zero-order chi connectivity index (χ0) is 19.6. The molecule has 0 fully saturated rings. The summed E-state index contributed by atoms with van der Waals surface area (Å²) in [6.45, 7) is 3.60. The van der Waals surface area contributed by atoms with Crippen molar-refractivity contribution < 1.29 is 14.1 Å². The summed E-state index contributed by atoms with van der Waals surface area (Å²) in [5.74, 6) is 0.937. The minimum Gasteiger partial charge on any atom is -0.464 e. The molecule has 0 bridgehead atoms. The van der Waals surface area contributed by atoms with Crippen LogP contribution in [0.2, 0.25) is 0 Å². The Bertz CT molecular complexity index is 997. The first-order valence-corrected chi connectivity index (χ1v) is 8.84. The lowest BCUT2D eigenvalue weighted by Gasteiger charge is -2.12. The SMILES string of the molecule is Cc1ccc(C(C)NC(=O)c2ccc(Sc3nncn3C)c([N+](=O)[O-])c2)o1. The van der Waals surface area contributed by atoms with Crippen molar-refractivity contribution in [1.29, 1.82) is 0 Å². The van der Waals surface area contributed by atoms with Crippen molar-refractivity contribution in [3.8, 4) is 0 Å². The van der Waals surface area contributed by atoms with E-state index in [0.717, 1.165) is 17.5 Å². The number of rotatable bonds is 6. The van der Waals surface area contributed by atoms with Gasteiger partial charge in [-0.15, -0.1) is 10.2 Å². The molecule has 27 heavy (non-hydrogen) atoms. The maximum absolute atomic E-state index is 12.5. The highest BCUT2D eigenvalue weighted by Crippen LogP contribution is 2.34. The molecule has 0 saturated carbocycles. The van der Waals surface area contributed by atoms with E-state index in [1.165, 1.54) is 18.5 Å². The molecular weight excluding hydrogens is 370 g/mol. The molecule has 9 nitrogen and oxygen atoms in total. The van der Waals surface area contributed by atoms with Crippen LogP contribution in [0.15, 0.2) is 51.1 Å². The van der Waals surface area contributed by atoms with Gasteiger partial charge in [-0.05, 0) is 49.9 Å². The van der Waals surface area contributed by atoms with Crippen LogP contribution >= 0.6 is 11.8 Å². The third-order valence-electron chi connectivity index (χ3n) is 3.82. The van der Waals surface area contributed by atoms with E-state index < -0.39 is 10.8 Å². The number of nitro benzene ring substituents is 1. The van der Waals surface area contributed by atoms with E-state index in [1.54, 1.807) is 36.7 Å². The van der Waals surface area contributed by atoms with Crippen molar-refractivity contribution in [3.63, 3.8) is 0 Å². The molecule has 3 aromatic rings. The Balaban J connectivity index is 1.81. The van der Waals surface area contributed by atoms with E-state index in [1.807, 2.05) is 6.92 Å². The fraction of sp³-hybridized carbons (Fsp3) is 0.235. The third-order valence-corrected chi connectivity index (χ3v) is 4.94. The van der Waals surface area contributed by atoms with E-state index in [9.17, 15) is 14.9 Å². The number of hydrogen-bond donors (Lipinski definition) is 1. The van der Waals surface area contributed by atoms with Crippen LogP contribution in [0.25, 0.3) is 0 Å². The quantitative estimate of drug-likeness (QED) is 0.509. The number of aromatic nitrogens is 3. The van der Waals surface area contributed by atoms with Crippen LogP contribution in [-0.4, -0.2) is 25.6 Å². The number of carbonyl (C=O) groups is 1. The van der Waals surface area contributed by atoms with Gasteiger partial charge in [0, 0.05) is 18.7 Å². The van der Waals surface area contributed by atoms with Gasteiger partial charge in [-0.3, -0.25) is 14.9 Å². The second-order valence-electron chi connectivity index (χ2n) is 5.91. The van der Waals surface area contributed by atoms with Gasteiger partial charge < -0.3 is 14.3 Å². The van der Waals surface area contributed by atoms with Gasteiger partial charge in [0.2, 0.25) is 0 Å². The summed E-state index contributed by atoms with van der Waals surface area (Å²) < 4.78 is 7.15. The molecule has 1 N–H and O–H groups in total. The van der Waals surface area contributed by atoms with Gasteiger partial charge in [0.25, 0.3) is 11.6 Å². The fourth-order valence-electron chi connectivity index (χ4n) is 2.39. The molecule has 1 atom stereocenters. The summed E-state index contributed by atoms with van der Waals surface area (Å²) in [5, 5.41) is 22.4. The van der Waals surface area contributed by atoms with E-state index in [-0.39, 0.29) is 17.3 Å². The number of benzene rings is 1. The Labute approximate surface area is 158 Å². The first kappa shape index (κ1) is 18.6. The average molecular weight is 387 g/mol. The first-order valence-electron chi connectivity index (χ1n) is 8.02. The molecule has 0 aliphatic carbocycles. The maximum atomic E-state index is 12.5. The summed E-state index contributed by atoms with van der Waals surface area (Å²) >= 11 is 1.11. The van der Waals surface area contributed by atoms with E-state index in [0.29, 0.717) is 15.8 Å². The summed E-state index contributed by atoms with van der Waals surface area (Å²) in [6.07, 6.45) is 1.51. The summed E-state index contributed by atoms with van der Waals surface area (Å²) in [5.41, 5.74) is 0.0243. The predicted molar refractivity (Wildman–Crippen MR) is 97.5 cm³/mol. The Morgan fingerprint density at radius 1 is 1.37 bits per heavy atom. The summed E-state index contributed by atoms with van der Waals surface area (Å²) in [6, 6.07) is 7.56. The molecule has 2 aromatic heterocycles. The van der Waals surface area contributed by atoms with Crippen LogP contribution < -0.4 is 5.32 Å². The molecule has 10 heteroatoms. The van der Waals surface area contributed by atoms with Crippen LogP contribution in [0.1, 0.15) is 34.8 Å². The van der Waals surface area contributed by atoms with Gasteiger partial charge in [0.05, 0.1) is 15.9 Å². The smallest absolute Gasteiger partial charge is 0.284 e. The molecule has 140 valence electrons. The molecule has 0 spiro atoms. The maximum Gasteiger partial charge on any atom is 0.284 e. The fourth-order valence-corrected chi connectivity index (χ4v) is 3.24. The Hall–Kier alpha value is -3.14. The van der Waals surface area contributed by atoms with Crippen LogP contribution in [0.4, 0.5) is 5.69 Å². The number of nitrogens with one attached hydrogen (secondary N) is 1. The largest absolute Gasteiger partial charge is 0.464 e. The normalized spacial score (nSPS) is 12.0. The molecule has 3 rings (SSSR count). The predicted octanol–water partition coefficient (Wildman–Crippen LogP) is 3.27. The van der Waals surface area contributed by atoms with E-state index in [2.05, 4.69) is 15.5 Å². The average Bonchev–Trinajstić information content (AvgIpc) is 3.23. The van der Waals surface area contributed by atoms with Crippen LogP contribution in [0, 0.1) is 17.0 Å². The van der Waals surface area contributed by atoms with Crippen molar-refractivity contribution in [2.24, 2.45) is 7.05 Å². The van der Waals surface area contributed by atoms with Crippen molar-refractivity contribution >= 4 is 23.4 Å². The van der Waals surface area contributed by atoms with Gasteiger partial charge in [0.15, 0.2) is 5.16 Å². The van der Waals surface area contributed by atoms with Crippen LogP contribution in [0.3, 0.4) is 0 Å². The second kappa shape index (κ2) is 7.62. The molecule has 0 aliphatic heterocycles. The van der Waals surface area contributed by atoms with Crippen molar-refractivity contribution in [3.05, 3.63) is 63.9 Å². The highest BCUT2D eigenvalue weighted by molar-refractivity contribution is 7.99. The number of carbonyl (C=O) groups excluding carboxylic acids is 1. The number of amides is 1. The number of furan rings is 1. The lowest BCUT2D eigenvalue weighted by Crippen LogP contribution is -2.26. The molecule has 0 aliphatic rings. The lowest BCUT2D eigenvalue weighted by molar-refractivity contribution is -0.387. The van der Waals surface area contributed by atoms with Crippen LogP contribution in [0.5, 0.6) is 0 Å². The molecule has 0 radical (unpaired) electrons. The molecule has 1 amide bonds. The highest BCUT2D eigenvalue weighted by Gasteiger charge is 2.21. The third kappa shape index (κ3) is 4.17. The number of aryl methyl sites for hydroxylation is 2. The first-order chi connectivity index (χ1) is 12.8. The summed E-state index contributed by atoms with van der Waals surface area (Å²) in [7, 11) is 1.74. The van der Waals surface area contributed by atoms with Gasteiger partial charge in [-0.2, -0.15) is 0 Å². The highest BCUT2D eigenvalue weighted by atomic mass is 32.2. The Morgan fingerprint density at radius 2 is 2.15 bits per heavy atom. The van der Waals surface area contributed by atoms with Crippen molar-refractivity contribution in [1.82, 2.24) is 20.1 Å². The van der Waals surface area contributed by atoms with Gasteiger partial charge in [-0.25, -0.2) is 0 Å². The zero-order valence-corrected chi connectivity index (χ0v) is 15.7. The number of nitro groups is 1. The van der Waals surface area contributed by atoms with Crippen molar-refractivity contribution in [2.75, 3.05) is 0 Å². The van der Waals surface area contributed by atoms with E-state index >= 15 is 0 Å². The zero-order valence-electron chi connectivity index (χ0n) is 14.9. The molecule has 2 heterocycles. The minimum atomic E-state index is -0.519. The molecule has 1 unspecified atom stereocenters. The van der Waals surface area contributed by atoms with E-state index in [4.69, 9.17) is 4.42 Å². The Kier molecular flexibility index (Phi) is 5.26. The number of hydrogen-bond acceptors (Lipinski definition) is 7. The standard InChI is InChI=1S/C17H17N5O4S/c1-10-4-6-14(26-10)11(2)19-16(23)12-5-7-15(13(8-12)22(24)25)27-17-20-18-9-21(17)3/h4-9,11H,1-3H3,(H,19,23). The summed E-state index contributed by atoms with van der Waals surface area (Å²) in [4.78, 5) is 23.8. The lowest BCUT2D eigenvalue weighted by atomic mass is 10.1.